The van der Waals surface area contributed by atoms with Gasteiger partial charge in [-0.25, -0.2) is 4.98 Å². The van der Waals surface area contributed by atoms with Crippen molar-refractivity contribution in [1.82, 2.24) is 24.3 Å². The number of hydrogen-bond donors (Lipinski definition) is 0. The Balaban J connectivity index is 1.42. The molecule has 1 aromatic heterocycles. The monoisotopic (exact) mass is 439 g/mol. The number of piperazine rings is 1. The number of hydrogen-bond acceptors (Lipinski definition) is 4. The number of carbonyl (C=O) groups excluding carboxylic acids is 2. The highest BCUT2D eigenvalue weighted by atomic mass is 35.5. The molecule has 0 bridgehead atoms. The number of aryl methyl sites for hydroxylation is 1. The van der Waals surface area contributed by atoms with Crippen LogP contribution >= 0.6 is 11.6 Å². The molecular formula is C23H26ClN5O2. The Morgan fingerprint density at radius 1 is 1.00 bits per heavy atom. The summed E-state index contributed by atoms with van der Waals surface area (Å²) in [5, 5.41) is 0.627. The zero-order chi connectivity index (χ0) is 22.1. The first kappa shape index (κ1) is 21.3. The fourth-order valence-electron chi connectivity index (χ4n) is 3.87. The maximum Gasteiger partial charge on any atom is 0.253 e. The molecule has 162 valence electrons. The Kier molecular flexibility index (Phi) is 5.98. The van der Waals surface area contributed by atoms with Gasteiger partial charge in [0.1, 0.15) is 5.82 Å². The molecular weight excluding hydrogens is 414 g/mol. The zero-order valence-electron chi connectivity index (χ0n) is 18.0. The van der Waals surface area contributed by atoms with Crippen LogP contribution in [0.15, 0.2) is 42.5 Å². The van der Waals surface area contributed by atoms with E-state index in [1.165, 1.54) is 0 Å². The van der Waals surface area contributed by atoms with Crippen molar-refractivity contribution in [3.05, 3.63) is 64.4 Å². The molecule has 2 aromatic carbocycles. The van der Waals surface area contributed by atoms with Crippen molar-refractivity contribution in [2.75, 3.05) is 40.3 Å². The molecule has 1 aliphatic heterocycles. The van der Waals surface area contributed by atoms with E-state index in [2.05, 4.69) is 9.47 Å². The molecule has 0 atom stereocenters. The van der Waals surface area contributed by atoms with Gasteiger partial charge in [-0.2, -0.15) is 0 Å². The summed E-state index contributed by atoms with van der Waals surface area (Å²) in [5.74, 6) is 0.953. The molecule has 1 fully saturated rings. The second-order valence-electron chi connectivity index (χ2n) is 8.07. The van der Waals surface area contributed by atoms with E-state index in [9.17, 15) is 9.59 Å². The predicted molar refractivity (Wildman–Crippen MR) is 121 cm³/mol. The fourth-order valence-corrected chi connectivity index (χ4v) is 3.99. The Morgan fingerprint density at radius 2 is 1.65 bits per heavy atom. The normalized spacial score (nSPS) is 14.8. The molecule has 7 nitrogen and oxygen atoms in total. The van der Waals surface area contributed by atoms with E-state index in [1.807, 2.05) is 30.1 Å². The summed E-state index contributed by atoms with van der Waals surface area (Å²) in [7, 11) is 5.49. The molecule has 0 aliphatic carbocycles. The largest absolute Gasteiger partial charge is 0.345 e. The second-order valence-corrected chi connectivity index (χ2v) is 8.50. The summed E-state index contributed by atoms with van der Waals surface area (Å²) in [6, 6.07) is 12.7. The third-order valence-electron chi connectivity index (χ3n) is 5.74. The average molecular weight is 440 g/mol. The van der Waals surface area contributed by atoms with Gasteiger partial charge in [-0.1, -0.05) is 11.6 Å². The first-order valence-electron chi connectivity index (χ1n) is 10.3. The average Bonchev–Trinajstić information content (AvgIpc) is 3.08. The van der Waals surface area contributed by atoms with Crippen molar-refractivity contribution in [3.63, 3.8) is 0 Å². The Labute approximate surface area is 186 Å². The number of fused-ring (bicyclic) bond motifs is 1. The van der Waals surface area contributed by atoms with Gasteiger partial charge in [-0.15, -0.1) is 0 Å². The van der Waals surface area contributed by atoms with E-state index in [4.69, 9.17) is 16.6 Å². The van der Waals surface area contributed by atoms with Gasteiger partial charge in [-0.3, -0.25) is 14.5 Å². The number of benzene rings is 2. The lowest BCUT2D eigenvalue weighted by molar-refractivity contribution is 0.0624. The Morgan fingerprint density at radius 3 is 2.29 bits per heavy atom. The van der Waals surface area contributed by atoms with Crippen molar-refractivity contribution >= 4 is 34.4 Å². The Bertz CT molecular complexity index is 1110. The second kappa shape index (κ2) is 8.69. The van der Waals surface area contributed by atoms with Gasteiger partial charge in [0.2, 0.25) is 0 Å². The smallest absolute Gasteiger partial charge is 0.253 e. The van der Waals surface area contributed by atoms with Crippen LogP contribution in [0, 0.1) is 0 Å². The van der Waals surface area contributed by atoms with Gasteiger partial charge in [0.25, 0.3) is 11.8 Å². The van der Waals surface area contributed by atoms with Gasteiger partial charge in [0, 0.05) is 63.5 Å². The lowest BCUT2D eigenvalue weighted by Crippen LogP contribution is -2.48. The summed E-state index contributed by atoms with van der Waals surface area (Å²) < 4.78 is 2.07. The van der Waals surface area contributed by atoms with E-state index in [1.54, 1.807) is 43.3 Å². The highest BCUT2D eigenvalue weighted by Crippen LogP contribution is 2.20. The molecule has 4 rings (SSSR count). The van der Waals surface area contributed by atoms with Crippen molar-refractivity contribution in [3.8, 4) is 0 Å². The first-order valence-corrected chi connectivity index (χ1v) is 10.7. The minimum Gasteiger partial charge on any atom is -0.345 e. The number of carbonyl (C=O) groups is 2. The minimum absolute atomic E-state index is 0.0319. The summed E-state index contributed by atoms with van der Waals surface area (Å²) in [4.78, 5) is 35.5. The number of aromatic nitrogens is 2. The van der Waals surface area contributed by atoms with Crippen molar-refractivity contribution in [2.45, 2.75) is 6.54 Å². The minimum atomic E-state index is -0.0319. The molecule has 0 N–H and O–H groups in total. The number of halogens is 1. The van der Waals surface area contributed by atoms with E-state index >= 15 is 0 Å². The van der Waals surface area contributed by atoms with Crippen LogP contribution < -0.4 is 0 Å². The number of amides is 2. The number of imidazole rings is 1. The number of nitrogens with zero attached hydrogens (tertiary/aromatic N) is 5. The molecule has 8 heteroatoms. The molecule has 2 amide bonds. The molecule has 0 unspecified atom stereocenters. The van der Waals surface area contributed by atoms with Crippen molar-refractivity contribution < 1.29 is 9.59 Å². The predicted octanol–water partition coefficient (Wildman–Crippen LogP) is 2.89. The maximum atomic E-state index is 12.7. The summed E-state index contributed by atoms with van der Waals surface area (Å²) in [5.41, 5.74) is 3.12. The van der Waals surface area contributed by atoms with Crippen LogP contribution in [0.3, 0.4) is 0 Å². The van der Waals surface area contributed by atoms with Crippen LogP contribution in [-0.2, 0) is 13.6 Å². The molecule has 0 spiro atoms. The van der Waals surface area contributed by atoms with E-state index in [-0.39, 0.29) is 11.8 Å². The summed E-state index contributed by atoms with van der Waals surface area (Å²) in [6.45, 7) is 3.62. The van der Waals surface area contributed by atoms with Gasteiger partial charge in [0.05, 0.1) is 17.6 Å². The third-order valence-corrected chi connectivity index (χ3v) is 5.99. The first-order chi connectivity index (χ1) is 14.8. The van der Waals surface area contributed by atoms with E-state index in [0.717, 1.165) is 29.9 Å². The maximum absolute atomic E-state index is 12.7. The van der Waals surface area contributed by atoms with E-state index in [0.29, 0.717) is 35.8 Å². The molecule has 31 heavy (non-hydrogen) atoms. The quantitative estimate of drug-likeness (QED) is 0.627. The highest BCUT2D eigenvalue weighted by Gasteiger charge is 2.23. The van der Waals surface area contributed by atoms with Crippen LogP contribution in [0.25, 0.3) is 11.0 Å². The van der Waals surface area contributed by atoms with Gasteiger partial charge >= 0.3 is 0 Å². The van der Waals surface area contributed by atoms with E-state index < -0.39 is 0 Å². The van der Waals surface area contributed by atoms with Gasteiger partial charge in [0.15, 0.2) is 0 Å². The third kappa shape index (κ3) is 4.43. The molecule has 0 saturated carbocycles. The highest BCUT2D eigenvalue weighted by molar-refractivity contribution is 6.30. The molecule has 1 aliphatic rings. The molecule has 3 aromatic rings. The SMILES string of the molecule is CN(C)C(=O)c1ccc2c(c1)nc(CN1CCN(C(=O)c3ccc(Cl)cc3)CC1)n2C. The fraction of sp³-hybridized carbons (Fsp3) is 0.348. The van der Waals surface area contributed by atoms with Crippen molar-refractivity contribution in [1.29, 1.82) is 0 Å². The summed E-state index contributed by atoms with van der Waals surface area (Å²) >= 11 is 5.92. The molecule has 1 saturated heterocycles. The lowest BCUT2D eigenvalue weighted by atomic mass is 10.2. The standard InChI is InChI=1S/C23H26ClN5O2/c1-26(2)22(30)17-6-9-20-19(14-17)25-21(27(20)3)15-28-10-12-29(13-11-28)23(31)16-4-7-18(24)8-5-16/h4-9,14H,10-13,15H2,1-3H3. The van der Waals surface area contributed by atoms with Crippen molar-refractivity contribution in [2.24, 2.45) is 7.05 Å². The summed E-state index contributed by atoms with van der Waals surface area (Å²) in [6.07, 6.45) is 0. The van der Waals surface area contributed by atoms with Gasteiger partial charge < -0.3 is 14.4 Å². The van der Waals surface area contributed by atoms with Crippen LogP contribution in [0.5, 0.6) is 0 Å². The van der Waals surface area contributed by atoms with Crippen LogP contribution in [0.1, 0.15) is 26.5 Å². The molecule has 0 radical (unpaired) electrons. The Hall–Kier alpha value is -2.90. The van der Waals surface area contributed by atoms with Crippen LogP contribution in [0.4, 0.5) is 0 Å². The zero-order valence-corrected chi connectivity index (χ0v) is 18.8. The topological polar surface area (TPSA) is 61.7 Å². The van der Waals surface area contributed by atoms with Gasteiger partial charge in [-0.05, 0) is 42.5 Å². The number of rotatable bonds is 4. The van der Waals surface area contributed by atoms with Crippen LogP contribution in [0.2, 0.25) is 5.02 Å². The molecule has 2 heterocycles. The lowest BCUT2D eigenvalue weighted by Gasteiger charge is -2.34. The van der Waals surface area contributed by atoms with Crippen LogP contribution in [-0.4, -0.2) is 76.3 Å².